The molecule has 0 aliphatic carbocycles. The second kappa shape index (κ2) is 7.99. The van der Waals surface area contributed by atoms with Crippen molar-refractivity contribution in [2.75, 3.05) is 23.8 Å². The van der Waals surface area contributed by atoms with Crippen LogP contribution in [0.5, 0.6) is 5.75 Å². The van der Waals surface area contributed by atoms with Crippen molar-refractivity contribution in [1.29, 1.82) is 0 Å². The molecule has 8 nitrogen and oxygen atoms in total. The van der Waals surface area contributed by atoms with E-state index in [0.29, 0.717) is 17.1 Å². The quantitative estimate of drug-likeness (QED) is 0.764. The van der Waals surface area contributed by atoms with Crippen LogP contribution in [0.15, 0.2) is 53.4 Å². The molecule has 9 heteroatoms. The number of hydrogen-bond acceptors (Lipinski definition) is 5. The van der Waals surface area contributed by atoms with Crippen LogP contribution in [0.25, 0.3) is 0 Å². The summed E-state index contributed by atoms with van der Waals surface area (Å²) in [4.78, 5) is 26.4. The third-order valence-electron chi connectivity index (χ3n) is 4.35. The van der Waals surface area contributed by atoms with E-state index in [-0.39, 0.29) is 29.7 Å². The van der Waals surface area contributed by atoms with E-state index in [1.165, 1.54) is 31.3 Å². The van der Waals surface area contributed by atoms with Crippen LogP contribution >= 0.6 is 0 Å². The number of fused-ring (bicyclic) bond motifs is 1. The van der Waals surface area contributed by atoms with Gasteiger partial charge in [0.15, 0.2) is 6.10 Å². The van der Waals surface area contributed by atoms with E-state index in [2.05, 4.69) is 10.0 Å². The SMILES string of the molecule is CNS(=O)(=O)c1ccc(NC(=O)CCN2C(=O)C(C)Oc3ccccc32)cc1. The lowest BCUT2D eigenvalue weighted by Gasteiger charge is -2.32. The highest BCUT2D eigenvalue weighted by Crippen LogP contribution is 2.33. The Labute approximate surface area is 163 Å². The molecule has 28 heavy (non-hydrogen) atoms. The largest absolute Gasteiger partial charge is 0.479 e. The number of carbonyl (C=O) groups is 2. The molecule has 1 heterocycles. The molecule has 2 aromatic rings. The van der Waals surface area contributed by atoms with Gasteiger partial charge in [0.25, 0.3) is 5.91 Å². The second-order valence-corrected chi connectivity index (χ2v) is 8.13. The molecule has 0 fully saturated rings. The zero-order valence-electron chi connectivity index (χ0n) is 15.5. The number of ether oxygens (including phenoxy) is 1. The summed E-state index contributed by atoms with van der Waals surface area (Å²) in [5.74, 6) is 0.123. The van der Waals surface area contributed by atoms with Gasteiger partial charge in [-0.2, -0.15) is 0 Å². The monoisotopic (exact) mass is 403 g/mol. The lowest BCUT2D eigenvalue weighted by molar-refractivity contribution is -0.125. The maximum Gasteiger partial charge on any atom is 0.267 e. The lowest BCUT2D eigenvalue weighted by Crippen LogP contribution is -2.45. The minimum Gasteiger partial charge on any atom is -0.479 e. The maximum atomic E-state index is 12.4. The second-order valence-electron chi connectivity index (χ2n) is 6.25. The number of hydrogen-bond donors (Lipinski definition) is 2. The summed E-state index contributed by atoms with van der Waals surface area (Å²) in [5.41, 5.74) is 1.11. The first-order chi connectivity index (χ1) is 13.3. The van der Waals surface area contributed by atoms with Gasteiger partial charge in [0.2, 0.25) is 15.9 Å². The van der Waals surface area contributed by atoms with Crippen molar-refractivity contribution in [3.63, 3.8) is 0 Å². The first-order valence-electron chi connectivity index (χ1n) is 8.72. The Balaban J connectivity index is 1.64. The molecular weight excluding hydrogens is 382 g/mol. The Morgan fingerprint density at radius 1 is 1.14 bits per heavy atom. The molecule has 1 aliphatic heterocycles. The van der Waals surface area contributed by atoms with E-state index in [0.717, 1.165) is 0 Å². The van der Waals surface area contributed by atoms with E-state index in [9.17, 15) is 18.0 Å². The molecule has 2 aromatic carbocycles. The predicted molar refractivity (Wildman–Crippen MR) is 105 cm³/mol. The number of para-hydroxylation sites is 2. The third-order valence-corrected chi connectivity index (χ3v) is 5.78. The topological polar surface area (TPSA) is 105 Å². The van der Waals surface area contributed by atoms with Gasteiger partial charge in [-0.3, -0.25) is 9.59 Å². The molecule has 0 radical (unpaired) electrons. The molecule has 0 saturated carbocycles. The Kier molecular flexibility index (Phi) is 5.66. The Morgan fingerprint density at radius 2 is 1.82 bits per heavy atom. The first kappa shape index (κ1) is 19.8. The van der Waals surface area contributed by atoms with E-state index < -0.39 is 16.1 Å². The summed E-state index contributed by atoms with van der Waals surface area (Å²) in [7, 11) is -2.20. The van der Waals surface area contributed by atoms with Gasteiger partial charge >= 0.3 is 0 Å². The Hall–Kier alpha value is -2.91. The van der Waals surface area contributed by atoms with Gasteiger partial charge in [-0.25, -0.2) is 13.1 Å². The van der Waals surface area contributed by atoms with Crippen molar-refractivity contribution in [3.8, 4) is 5.75 Å². The summed E-state index contributed by atoms with van der Waals surface area (Å²) < 4.78 is 31.3. The molecule has 2 N–H and O–H groups in total. The van der Waals surface area contributed by atoms with E-state index in [4.69, 9.17) is 4.74 Å². The van der Waals surface area contributed by atoms with Gasteiger partial charge in [-0.05, 0) is 50.4 Å². The molecule has 148 valence electrons. The van der Waals surface area contributed by atoms with Crippen LogP contribution in [0.3, 0.4) is 0 Å². The van der Waals surface area contributed by atoms with E-state index in [1.807, 2.05) is 6.07 Å². The lowest BCUT2D eigenvalue weighted by atomic mass is 10.1. The fourth-order valence-electron chi connectivity index (χ4n) is 2.86. The van der Waals surface area contributed by atoms with Crippen LogP contribution in [-0.2, 0) is 19.6 Å². The molecule has 0 aromatic heterocycles. The number of anilines is 2. The zero-order valence-corrected chi connectivity index (χ0v) is 16.3. The highest BCUT2D eigenvalue weighted by molar-refractivity contribution is 7.89. The number of nitrogens with zero attached hydrogens (tertiary/aromatic N) is 1. The normalized spacial score (nSPS) is 16.3. The Morgan fingerprint density at radius 3 is 2.50 bits per heavy atom. The van der Waals surface area contributed by atoms with Crippen molar-refractivity contribution < 1.29 is 22.7 Å². The number of rotatable bonds is 6. The van der Waals surface area contributed by atoms with Crippen molar-refractivity contribution in [3.05, 3.63) is 48.5 Å². The van der Waals surface area contributed by atoms with Crippen LogP contribution in [-0.4, -0.2) is 39.9 Å². The molecule has 1 unspecified atom stereocenters. The number of sulfonamides is 1. The van der Waals surface area contributed by atoms with Gasteiger partial charge in [0, 0.05) is 18.7 Å². The Bertz CT molecular complexity index is 989. The van der Waals surface area contributed by atoms with Gasteiger partial charge in [0.1, 0.15) is 5.75 Å². The van der Waals surface area contributed by atoms with Crippen LogP contribution in [0, 0.1) is 0 Å². The van der Waals surface area contributed by atoms with Crippen molar-refractivity contribution in [2.45, 2.75) is 24.3 Å². The highest BCUT2D eigenvalue weighted by atomic mass is 32.2. The number of benzene rings is 2. The van der Waals surface area contributed by atoms with Crippen molar-refractivity contribution >= 4 is 33.2 Å². The van der Waals surface area contributed by atoms with Crippen LogP contribution in [0.1, 0.15) is 13.3 Å². The molecule has 2 amide bonds. The predicted octanol–water partition coefficient (Wildman–Crippen LogP) is 1.74. The van der Waals surface area contributed by atoms with Gasteiger partial charge in [-0.1, -0.05) is 12.1 Å². The number of amides is 2. The molecule has 1 aliphatic rings. The minimum atomic E-state index is -3.53. The van der Waals surface area contributed by atoms with Gasteiger partial charge in [0.05, 0.1) is 10.6 Å². The molecule has 3 rings (SSSR count). The van der Waals surface area contributed by atoms with Gasteiger partial charge < -0.3 is 15.0 Å². The summed E-state index contributed by atoms with van der Waals surface area (Å²) >= 11 is 0. The molecule has 0 saturated heterocycles. The van der Waals surface area contributed by atoms with E-state index in [1.54, 1.807) is 30.0 Å². The summed E-state index contributed by atoms with van der Waals surface area (Å²) in [6.45, 7) is 1.88. The smallest absolute Gasteiger partial charge is 0.267 e. The standard InChI is InChI=1S/C19H21N3O5S/c1-13-19(24)22(16-5-3-4-6-17(16)27-13)12-11-18(23)21-14-7-9-15(10-8-14)28(25,26)20-2/h3-10,13,20H,11-12H2,1-2H3,(H,21,23). The fraction of sp³-hybridized carbons (Fsp3) is 0.263. The third kappa shape index (κ3) is 4.15. The fourth-order valence-corrected chi connectivity index (χ4v) is 3.59. The van der Waals surface area contributed by atoms with Crippen molar-refractivity contribution in [2.24, 2.45) is 0 Å². The average molecular weight is 403 g/mol. The summed E-state index contributed by atoms with van der Waals surface area (Å²) in [5, 5.41) is 2.70. The molecule has 0 spiro atoms. The van der Waals surface area contributed by atoms with Crippen LogP contribution in [0.4, 0.5) is 11.4 Å². The zero-order chi connectivity index (χ0) is 20.3. The molecule has 0 bridgehead atoms. The molecule has 1 atom stereocenters. The number of carbonyl (C=O) groups excluding carboxylic acids is 2. The average Bonchev–Trinajstić information content (AvgIpc) is 2.69. The highest BCUT2D eigenvalue weighted by Gasteiger charge is 2.31. The number of nitrogens with one attached hydrogen (secondary N) is 2. The van der Waals surface area contributed by atoms with Crippen molar-refractivity contribution in [1.82, 2.24) is 4.72 Å². The molecular formula is C19H21N3O5S. The van der Waals surface area contributed by atoms with Gasteiger partial charge in [-0.15, -0.1) is 0 Å². The summed E-state index contributed by atoms with van der Waals surface area (Å²) in [6.07, 6.45) is -0.525. The van der Waals surface area contributed by atoms with Crippen LogP contribution in [0.2, 0.25) is 0 Å². The first-order valence-corrected chi connectivity index (χ1v) is 10.2. The van der Waals surface area contributed by atoms with E-state index >= 15 is 0 Å². The summed E-state index contributed by atoms with van der Waals surface area (Å²) in [6, 6.07) is 13.0. The van der Waals surface area contributed by atoms with Crippen LogP contribution < -0.4 is 19.7 Å². The maximum absolute atomic E-state index is 12.4. The minimum absolute atomic E-state index is 0.0867.